The van der Waals surface area contributed by atoms with Gasteiger partial charge in [0.1, 0.15) is 0 Å². The normalized spacial score (nSPS) is 11.3. The van der Waals surface area contributed by atoms with Gasteiger partial charge in [0.15, 0.2) is 17.5 Å². The number of sulfonamides is 1. The van der Waals surface area contributed by atoms with E-state index in [1.54, 1.807) is 31.2 Å². The van der Waals surface area contributed by atoms with Gasteiger partial charge in [0.05, 0.1) is 24.1 Å². The maximum atomic E-state index is 13.6. The molecular formula is C17H17F3N2O3S. The quantitative estimate of drug-likeness (QED) is 0.776. The molecule has 0 saturated heterocycles. The van der Waals surface area contributed by atoms with Crippen molar-refractivity contribution in [2.24, 2.45) is 0 Å². The SMILES string of the molecule is Cc1cccc(N(CCNC(=O)c2ccc(F)c(F)c2F)S(C)(=O)=O)c1. The van der Waals surface area contributed by atoms with E-state index in [1.165, 1.54) is 0 Å². The zero-order valence-corrected chi connectivity index (χ0v) is 14.9. The third kappa shape index (κ3) is 4.54. The molecule has 0 bridgehead atoms. The van der Waals surface area contributed by atoms with Gasteiger partial charge in [-0.2, -0.15) is 0 Å². The van der Waals surface area contributed by atoms with Crippen LogP contribution in [-0.4, -0.2) is 33.7 Å². The van der Waals surface area contributed by atoms with Crippen molar-refractivity contribution < 1.29 is 26.4 Å². The molecule has 0 saturated carbocycles. The molecule has 2 rings (SSSR count). The molecule has 0 aliphatic heterocycles. The van der Waals surface area contributed by atoms with Crippen LogP contribution in [0.2, 0.25) is 0 Å². The summed E-state index contributed by atoms with van der Waals surface area (Å²) in [7, 11) is -3.62. The number of hydrogen-bond donors (Lipinski definition) is 1. The van der Waals surface area contributed by atoms with E-state index in [9.17, 15) is 26.4 Å². The topological polar surface area (TPSA) is 66.5 Å². The summed E-state index contributed by atoms with van der Waals surface area (Å²) in [5.74, 6) is -5.71. The first kappa shape index (κ1) is 19.8. The molecule has 140 valence electrons. The van der Waals surface area contributed by atoms with Gasteiger partial charge in [-0.05, 0) is 36.8 Å². The van der Waals surface area contributed by atoms with Gasteiger partial charge in [-0.15, -0.1) is 0 Å². The van der Waals surface area contributed by atoms with Crippen LogP contribution in [0.3, 0.4) is 0 Å². The summed E-state index contributed by atoms with van der Waals surface area (Å²) in [6.07, 6.45) is 1.02. The Hall–Kier alpha value is -2.55. The first-order valence-corrected chi connectivity index (χ1v) is 9.42. The summed E-state index contributed by atoms with van der Waals surface area (Å²) < 4.78 is 64.8. The second-order valence-electron chi connectivity index (χ2n) is 5.65. The van der Waals surface area contributed by atoms with Crippen LogP contribution in [0.4, 0.5) is 18.9 Å². The minimum Gasteiger partial charge on any atom is -0.350 e. The minimum absolute atomic E-state index is 0.112. The summed E-state index contributed by atoms with van der Waals surface area (Å²) in [5.41, 5.74) is 0.607. The van der Waals surface area contributed by atoms with E-state index in [-0.39, 0.29) is 13.1 Å². The zero-order chi connectivity index (χ0) is 19.5. The molecule has 5 nitrogen and oxygen atoms in total. The van der Waals surface area contributed by atoms with Crippen molar-refractivity contribution in [2.75, 3.05) is 23.7 Å². The first-order chi connectivity index (χ1) is 12.1. The Balaban J connectivity index is 2.11. The number of rotatable bonds is 6. The molecule has 2 aromatic carbocycles. The zero-order valence-electron chi connectivity index (χ0n) is 14.1. The monoisotopic (exact) mass is 386 g/mol. The number of aryl methyl sites for hydroxylation is 1. The molecule has 9 heteroatoms. The van der Waals surface area contributed by atoms with E-state index in [0.717, 1.165) is 22.2 Å². The van der Waals surface area contributed by atoms with E-state index in [0.29, 0.717) is 11.8 Å². The third-order valence-electron chi connectivity index (χ3n) is 3.57. The molecule has 1 N–H and O–H groups in total. The van der Waals surface area contributed by atoms with Crippen molar-refractivity contribution in [3.8, 4) is 0 Å². The molecular weight excluding hydrogens is 369 g/mol. The van der Waals surface area contributed by atoms with Crippen molar-refractivity contribution >= 4 is 21.6 Å². The molecule has 0 aliphatic rings. The maximum absolute atomic E-state index is 13.6. The molecule has 0 fully saturated rings. The maximum Gasteiger partial charge on any atom is 0.254 e. The number of anilines is 1. The summed E-state index contributed by atoms with van der Waals surface area (Å²) in [6.45, 7) is 1.54. The van der Waals surface area contributed by atoms with Gasteiger partial charge in [0.2, 0.25) is 10.0 Å². The van der Waals surface area contributed by atoms with Crippen LogP contribution in [0.15, 0.2) is 36.4 Å². The highest BCUT2D eigenvalue weighted by molar-refractivity contribution is 7.92. The second-order valence-corrected chi connectivity index (χ2v) is 7.56. The van der Waals surface area contributed by atoms with Crippen LogP contribution in [-0.2, 0) is 10.0 Å². The Bertz CT molecular complexity index is 933. The van der Waals surface area contributed by atoms with Gasteiger partial charge in [0, 0.05) is 6.54 Å². The van der Waals surface area contributed by atoms with E-state index in [2.05, 4.69) is 5.32 Å². The van der Waals surface area contributed by atoms with E-state index in [1.807, 2.05) is 0 Å². The minimum atomic E-state index is -3.62. The number of carbonyl (C=O) groups is 1. The fourth-order valence-corrected chi connectivity index (χ4v) is 3.26. The summed E-state index contributed by atoms with van der Waals surface area (Å²) in [4.78, 5) is 11.9. The number of halogens is 3. The fraction of sp³-hybridized carbons (Fsp3) is 0.235. The van der Waals surface area contributed by atoms with Gasteiger partial charge in [-0.3, -0.25) is 9.10 Å². The van der Waals surface area contributed by atoms with Crippen molar-refractivity contribution in [2.45, 2.75) is 6.92 Å². The van der Waals surface area contributed by atoms with E-state index >= 15 is 0 Å². The van der Waals surface area contributed by atoms with Crippen LogP contribution < -0.4 is 9.62 Å². The molecule has 0 aromatic heterocycles. The van der Waals surface area contributed by atoms with Crippen molar-refractivity contribution in [1.82, 2.24) is 5.32 Å². The molecule has 1 amide bonds. The fourth-order valence-electron chi connectivity index (χ4n) is 2.34. The Morgan fingerprint density at radius 3 is 2.42 bits per heavy atom. The van der Waals surface area contributed by atoms with Crippen LogP contribution >= 0.6 is 0 Å². The highest BCUT2D eigenvalue weighted by Gasteiger charge is 2.20. The van der Waals surface area contributed by atoms with Gasteiger partial charge in [-0.25, -0.2) is 21.6 Å². The predicted molar refractivity (Wildman–Crippen MR) is 92.0 cm³/mol. The number of benzene rings is 2. The number of amides is 1. The summed E-state index contributed by atoms with van der Waals surface area (Å²) in [6, 6.07) is 8.22. The molecule has 0 radical (unpaired) electrons. The molecule has 0 atom stereocenters. The van der Waals surface area contributed by atoms with Gasteiger partial charge >= 0.3 is 0 Å². The average molecular weight is 386 g/mol. The lowest BCUT2D eigenvalue weighted by Crippen LogP contribution is -2.38. The Morgan fingerprint density at radius 2 is 1.81 bits per heavy atom. The first-order valence-electron chi connectivity index (χ1n) is 7.57. The van der Waals surface area contributed by atoms with Crippen LogP contribution in [0.25, 0.3) is 0 Å². The standard InChI is InChI=1S/C17H17F3N2O3S/c1-11-4-3-5-12(10-11)22(26(2,24)25)9-8-21-17(23)13-6-7-14(18)16(20)15(13)19/h3-7,10H,8-9H2,1-2H3,(H,21,23). The Labute approximate surface area is 149 Å². The molecule has 0 spiro atoms. The smallest absolute Gasteiger partial charge is 0.254 e. The van der Waals surface area contributed by atoms with Gasteiger partial charge in [0.25, 0.3) is 5.91 Å². The van der Waals surface area contributed by atoms with Crippen LogP contribution in [0.5, 0.6) is 0 Å². The molecule has 0 unspecified atom stereocenters. The average Bonchev–Trinajstić information content (AvgIpc) is 2.55. The predicted octanol–water partition coefficient (Wildman–Crippen LogP) is 2.61. The lowest BCUT2D eigenvalue weighted by molar-refractivity contribution is 0.0949. The highest BCUT2D eigenvalue weighted by atomic mass is 32.2. The van der Waals surface area contributed by atoms with Crippen LogP contribution in [0.1, 0.15) is 15.9 Å². The molecule has 0 heterocycles. The summed E-state index contributed by atoms with van der Waals surface area (Å²) in [5, 5.41) is 2.30. The number of hydrogen-bond acceptors (Lipinski definition) is 3. The summed E-state index contributed by atoms with van der Waals surface area (Å²) >= 11 is 0. The molecule has 2 aromatic rings. The number of carbonyl (C=O) groups excluding carboxylic acids is 1. The van der Waals surface area contributed by atoms with E-state index < -0.39 is 38.9 Å². The molecule has 0 aliphatic carbocycles. The van der Waals surface area contributed by atoms with Crippen molar-refractivity contribution in [1.29, 1.82) is 0 Å². The third-order valence-corrected chi connectivity index (χ3v) is 4.76. The van der Waals surface area contributed by atoms with Crippen LogP contribution in [0, 0.1) is 24.4 Å². The lowest BCUT2D eigenvalue weighted by atomic mass is 10.2. The van der Waals surface area contributed by atoms with Crippen molar-refractivity contribution in [3.05, 3.63) is 65.0 Å². The molecule has 26 heavy (non-hydrogen) atoms. The highest BCUT2D eigenvalue weighted by Crippen LogP contribution is 2.18. The number of nitrogens with zero attached hydrogens (tertiary/aromatic N) is 1. The van der Waals surface area contributed by atoms with Gasteiger partial charge in [-0.1, -0.05) is 12.1 Å². The Morgan fingerprint density at radius 1 is 1.12 bits per heavy atom. The van der Waals surface area contributed by atoms with Gasteiger partial charge < -0.3 is 5.32 Å². The van der Waals surface area contributed by atoms with E-state index in [4.69, 9.17) is 0 Å². The largest absolute Gasteiger partial charge is 0.350 e. The second kappa shape index (κ2) is 7.77. The lowest BCUT2D eigenvalue weighted by Gasteiger charge is -2.23. The van der Waals surface area contributed by atoms with Crippen molar-refractivity contribution in [3.63, 3.8) is 0 Å². The Kier molecular flexibility index (Phi) is 5.91. The number of nitrogens with one attached hydrogen (secondary N) is 1.